The van der Waals surface area contributed by atoms with Crippen molar-refractivity contribution in [2.45, 2.75) is 24.7 Å². The first kappa shape index (κ1) is 29.7. The number of nitrogens with one attached hydrogen (secondary N) is 2. The van der Waals surface area contributed by atoms with Gasteiger partial charge in [0.25, 0.3) is 5.91 Å². The number of hydrogen-bond donors (Lipinski definition) is 2. The summed E-state index contributed by atoms with van der Waals surface area (Å²) in [5.41, 5.74) is 6.33. The summed E-state index contributed by atoms with van der Waals surface area (Å²) in [5.74, 6) is -1.32. The summed E-state index contributed by atoms with van der Waals surface area (Å²) in [7, 11) is 0. The Hall–Kier alpha value is -5.02. The minimum Gasteiger partial charge on any atom is -0.448 e. The van der Waals surface area contributed by atoms with Crippen molar-refractivity contribution >= 4 is 29.3 Å². The molecule has 1 saturated heterocycles. The highest BCUT2D eigenvalue weighted by molar-refractivity contribution is 6.34. The highest BCUT2D eigenvalue weighted by Gasteiger charge is 2.30. The van der Waals surface area contributed by atoms with Gasteiger partial charge in [0.1, 0.15) is 12.4 Å². The van der Waals surface area contributed by atoms with Crippen molar-refractivity contribution in [3.05, 3.63) is 130 Å². The number of ether oxygens (including phenoxy) is 1. The minimum atomic E-state index is -0.920. The van der Waals surface area contributed by atoms with E-state index in [4.69, 9.17) is 16.3 Å². The van der Waals surface area contributed by atoms with Crippen LogP contribution >= 0.6 is 11.6 Å². The van der Waals surface area contributed by atoms with E-state index in [1.807, 2.05) is 24.3 Å². The van der Waals surface area contributed by atoms with Crippen LogP contribution in [0.1, 0.15) is 52.0 Å². The zero-order valence-corrected chi connectivity index (χ0v) is 25.4. The average molecular weight is 639 g/mol. The quantitative estimate of drug-likeness (QED) is 0.196. The van der Waals surface area contributed by atoms with Gasteiger partial charge in [0.2, 0.25) is 0 Å². The summed E-state index contributed by atoms with van der Waals surface area (Å²) < 4.78 is 32.7. The second kappa shape index (κ2) is 12.4. The number of rotatable bonds is 6. The third kappa shape index (κ3) is 5.74. The lowest BCUT2D eigenvalue weighted by Gasteiger charge is -2.31. The number of carbonyl (C=O) groups is 2. The molecule has 4 aromatic carbocycles. The first-order chi connectivity index (χ1) is 22.4. The van der Waals surface area contributed by atoms with E-state index >= 15 is 0 Å². The Labute approximate surface area is 269 Å². The Balaban J connectivity index is 0.965. The van der Waals surface area contributed by atoms with Crippen molar-refractivity contribution in [3.8, 4) is 22.4 Å². The molecule has 0 bridgehead atoms. The Bertz CT molecular complexity index is 1910. The van der Waals surface area contributed by atoms with Gasteiger partial charge >= 0.3 is 6.09 Å². The predicted molar refractivity (Wildman–Crippen MR) is 172 cm³/mol. The van der Waals surface area contributed by atoms with Gasteiger partial charge in [0, 0.05) is 36.2 Å². The maximum atomic E-state index is 13.7. The second-order valence-electron chi connectivity index (χ2n) is 11.5. The molecule has 2 aliphatic rings. The highest BCUT2D eigenvalue weighted by Crippen LogP contribution is 2.44. The van der Waals surface area contributed by atoms with Crippen LogP contribution < -0.4 is 5.32 Å². The number of fused-ring (bicyclic) bond motifs is 3. The summed E-state index contributed by atoms with van der Waals surface area (Å²) in [6.45, 7) is 1.13. The largest absolute Gasteiger partial charge is 0.448 e. The van der Waals surface area contributed by atoms with Crippen molar-refractivity contribution in [1.29, 1.82) is 0 Å². The number of carbonyl (C=O) groups excluding carboxylic acids is 2. The Morgan fingerprint density at radius 3 is 2.30 bits per heavy atom. The van der Waals surface area contributed by atoms with E-state index in [2.05, 4.69) is 39.6 Å². The molecule has 1 aliphatic carbocycles. The number of halogens is 3. The van der Waals surface area contributed by atoms with E-state index in [1.54, 1.807) is 29.3 Å². The van der Waals surface area contributed by atoms with Gasteiger partial charge < -0.3 is 14.6 Å². The molecule has 2 N–H and O–H groups in total. The van der Waals surface area contributed by atoms with E-state index in [9.17, 15) is 18.4 Å². The standard InChI is InChI=1S/C36H29ClF2N4O3/c37-30-11-10-23(41-36(45)46-20-29-26-7-3-1-5-24(26)25-6-2-4-8-27(25)29)18-28(30)35(44)43-15-13-21(14-16-43)34-40-19-33(42-34)22-9-12-31(38)32(39)17-22/h1-12,17-19,21,29H,13-16,20H2,(H,40,42)(H,41,45). The molecule has 7 nitrogen and oxygen atoms in total. The van der Waals surface area contributed by atoms with E-state index in [0.29, 0.717) is 42.9 Å². The summed E-state index contributed by atoms with van der Waals surface area (Å²) in [5, 5.41) is 3.03. The molecule has 0 radical (unpaired) electrons. The Morgan fingerprint density at radius 2 is 1.61 bits per heavy atom. The molecule has 1 aromatic heterocycles. The van der Waals surface area contributed by atoms with Gasteiger partial charge in [-0.2, -0.15) is 0 Å². The zero-order chi connectivity index (χ0) is 31.8. The molecular formula is C36H29ClF2N4O3. The SMILES string of the molecule is O=C(Nc1ccc(Cl)c(C(=O)N2CCC(c3ncc(-c4ccc(F)c(F)c4)[nH]3)CC2)c1)OCC1c2ccccc2-c2ccccc21. The molecule has 0 unspecified atom stereocenters. The molecule has 46 heavy (non-hydrogen) atoms. The number of hydrogen-bond acceptors (Lipinski definition) is 4. The van der Waals surface area contributed by atoms with Crippen LogP contribution in [0.2, 0.25) is 5.02 Å². The molecule has 1 aliphatic heterocycles. The van der Waals surface area contributed by atoms with Crippen LogP contribution in [0.15, 0.2) is 91.1 Å². The molecule has 0 atom stereocenters. The van der Waals surface area contributed by atoms with Gasteiger partial charge in [-0.05, 0) is 71.5 Å². The molecule has 7 rings (SSSR count). The molecule has 0 spiro atoms. The number of H-pyrrole nitrogens is 1. The van der Waals surface area contributed by atoms with Crippen LogP contribution in [-0.4, -0.2) is 46.6 Å². The lowest BCUT2D eigenvalue weighted by atomic mass is 9.95. The number of aromatic nitrogens is 2. The zero-order valence-electron chi connectivity index (χ0n) is 24.6. The van der Waals surface area contributed by atoms with Gasteiger partial charge in [-0.1, -0.05) is 60.1 Å². The first-order valence-electron chi connectivity index (χ1n) is 15.1. The molecule has 232 valence electrons. The van der Waals surface area contributed by atoms with Crippen LogP contribution in [-0.2, 0) is 4.74 Å². The third-order valence-corrected chi connectivity index (χ3v) is 9.11. The van der Waals surface area contributed by atoms with Crippen LogP contribution in [0.3, 0.4) is 0 Å². The number of imidazole rings is 1. The summed E-state index contributed by atoms with van der Waals surface area (Å²) in [4.78, 5) is 35.8. The molecule has 0 saturated carbocycles. The number of benzene rings is 4. The highest BCUT2D eigenvalue weighted by atomic mass is 35.5. The summed E-state index contributed by atoms with van der Waals surface area (Å²) in [6, 6.07) is 24.8. The van der Waals surface area contributed by atoms with Gasteiger partial charge in [-0.25, -0.2) is 18.6 Å². The molecule has 10 heteroatoms. The second-order valence-corrected chi connectivity index (χ2v) is 11.9. The normalized spacial score (nSPS) is 14.5. The maximum absolute atomic E-state index is 13.7. The lowest BCUT2D eigenvalue weighted by molar-refractivity contribution is 0.0711. The van der Waals surface area contributed by atoms with Crippen molar-refractivity contribution in [1.82, 2.24) is 14.9 Å². The lowest BCUT2D eigenvalue weighted by Crippen LogP contribution is -2.38. The minimum absolute atomic E-state index is 0.0675. The van der Waals surface area contributed by atoms with Gasteiger partial charge in [0.15, 0.2) is 11.6 Å². The Kier molecular flexibility index (Phi) is 8.00. The topological polar surface area (TPSA) is 87.3 Å². The van der Waals surface area contributed by atoms with Crippen LogP contribution in [0.25, 0.3) is 22.4 Å². The summed E-state index contributed by atoms with van der Waals surface area (Å²) in [6.07, 6.45) is 2.30. The van der Waals surface area contributed by atoms with Crippen molar-refractivity contribution in [3.63, 3.8) is 0 Å². The van der Waals surface area contributed by atoms with E-state index < -0.39 is 17.7 Å². The maximum Gasteiger partial charge on any atom is 0.411 e. The fourth-order valence-electron chi connectivity index (χ4n) is 6.40. The molecule has 2 amide bonds. The molecule has 1 fully saturated rings. The van der Waals surface area contributed by atoms with Crippen molar-refractivity contribution in [2.75, 3.05) is 25.0 Å². The molecular weight excluding hydrogens is 610 g/mol. The van der Waals surface area contributed by atoms with Gasteiger partial charge in [-0.3, -0.25) is 10.1 Å². The van der Waals surface area contributed by atoms with Gasteiger partial charge in [0.05, 0.1) is 22.5 Å². The van der Waals surface area contributed by atoms with Crippen LogP contribution in [0.4, 0.5) is 19.3 Å². The first-order valence-corrected chi connectivity index (χ1v) is 15.4. The Morgan fingerprint density at radius 1 is 0.913 bits per heavy atom. The smallest absolute Gasteiger partial charge is 0.411 e. The molecule has 5 aromatic rings. The van der Waals surface area contributed by atoms with Crippen molar-refractivity contribution in [2.24, 2.45) is 0 Å². The fraction of sp³-hybridized carbons (Fsp3) is 0.194. The average Bonchev–Trinajstić information content (AvgIpc) is 3.69. The van der Waals surface area contributed by atoms with Crippen molar-refractivity contribution < 1.29 is 23.1 Å². The number of nitrogens with zero attached hydrogens (tertiary/aromatic N) is 2. The number of aromatic amines is 1. The number of likely N-dealkylation sites (tertiary alicyclic amines) is 1. The number of anilines is 1. The number of amides is 2. The predicted octanol–water partition coefficient (Wildman–Crippen LogP) is 8.39. The van der Waals surface area contributed by atoms with Crippen LogP contribution in [0.5, 0.6) is 0 Å². The number of piperidine rings is 1. The van der Waals surface area contributed by atoms with E-state index in [0.717, 1.165) is 40.2 Å². The monoisotopic (exact) mass is 638 g/mol. The third-order valence-electron chi connectivity index (χ3n) is 8.78. The summed E-state index contributed by atoms with van der Waals surface area (Å²) >= 11 is 6.44. The van der Waals surface area contributed by atoms with E-state index in [-0.39, 0.29) is 34.9 Å². The fourth-order valence-corrected chi connectivity index (χ4v) is 6.60. The van der Waals surface area contributed by atoms with Crippen LogP contribution in [0, 0.1) is 11.6 Å². The molecule has 2 heterocycles. The van der Waals surface area contributed by atoms with Gasteiger partial charge in [-0.15, -0.1) is 0 Å². The van der Waals surface area contributed by atoms with E-state index in [1.165, 1.54) is 6.07 Å².